The van der Waals surface area contributed by atoms with Crippen molar-refractivity contribution in [3.8, 4) is 11.4 Å². The maximum atomic E-state index is 13.3. The lowest BCUT2D eigenvalue weighted by atomic mass is 10.2. The van der Waals surface area contributed by atoms with E-state index >= 15 is 0 Å². The highest BCUT2D eigenvalue weighted by Gasteiger charge is 2.14. The molecular formula is C17H16FN5OS. The summed E-state index contributed by atoms with van der Waals surface area (Å²) in [6, 6.07) is 15.6. The number of benzene rings is 2. The Balaban J connectivity index is 1.58. The van der Waals surface area contributed by atoms with Gasteiger partial charge in [0.15, 0.2) is 5.82 Å². The number of hydrogen-bond donors (Lipinski definition) is 2. The van der Waals surface area contributed by atoms with Gasteiger partial charge < -0.3 is 11.2 Å². The summed E-state index contributed by atoms with van der Waals surface area (Å²) in [5, 5.41) is 11.1. The van der Waals surface area contributed by atoms with Gasteiger partial charge in [0.25, 0.3) is 0 Å². The van der Waals surface area contributed by atoms with Crippen LogP contribution in [0.15, 0.2) is 59.8 Å². The third-order valence-corrected chi connectivity index (χ3v) is 4.36. The Bertz CT molecular complexity index is 868. The van der Waals surface area contributed by atoms with Crippen molar-refractivity contribution < 1.29 is 9.18 Å². The molecule has 0 aliphatic heterocycles. The number of hydrogen-bond acceptors (Lipinski definition) is 5. The summed E-state index contributed by atoms with van der Waals surface area (Å²) in [7, 11) is 0. The van der Waals surface area contributed by atoms with Gasteiger partial charge in [0, 0.05) is 12.1 Å². The van der Waals surface area contributed by atoms with Crippen molar-refractivity contribution in [1.29, 1.82) is 0 Å². The van der Waals surface area contributed by atoms with Crippen LogP contribution < -0.4 is 11.2 Å². The predicted molar refractivity (Wildman–Crippen MR) is 94.6 cm³/mol. The van der Waals surface area contributed by atoms with Crippen LogP contribution in [0.2, 0.25) is 0 Å². The Morgan fingerprint density at radius 2 is 1.96 bits per heavy atom. The molecule has 25 heavy (non-hydrogen) atoms. The number of thioether (sulfide) groups is 1. The first-order valence-electron chi connectivity index (χ1n) is 7.53. The van der Waals surface area contributed by atoms with Crippen LogP contribution in [0.25, 0.3) is 11.4 Å². The van der Waals surface area contributed by atoms with Crippen LogP contribution in [0.3, 0.4) is 0 Å². The van der Waals surface area contributed by atoms with Crippen LogP contribution in [-0.2, 0) is 11.3 Å². The van der Waals surface area contributed by atoms with E-state index in [0.29, 0.717) is 23.1 Å². The molecule has 0 bridgehead atoms. The van der Waals surface area contributed by atoms with Crippen molar-refractivity contribution in [3.05, 3.63) is 66.0 Å². The van der Waals surface area contributed by atoms with Crippen molar-refractivity contribution in [2.75, 3.05) is 11.6 Å². The minimum Gasteiger partial charge on any atom is -0.351 e. The Hall–Kier alpha value is -2.87. The number of nitrogens with zero attached hydrogens (tertiary/aromatic N) is 3. The third kappa shape index (κ3) is 4.36. The molecule has 2 aromatic carbocycles. The number of carbonyl (C=O) groups is 1. The Morgan fingerprint density at radius 1 is 1.16 bits per heavy atom. The van der Waals surface area contributed by atoms with Crippen LogP contribution in [0.4, 0.5) is 4.39 Å². The second-order valence-corrected chi connectivity index (χ2v) is 6.18. The van der Waals surface area contributed by atoms with Crippen molar-refractivity contribution in [2.45, 2.75) is 11.7 Å². The van der Waals surface area contributed by atoms with Gasteiger partial charge in [-0.25, -0.2) is 9.07 Å². The minimum absolute atomic E-state index is 0.135. The van der Waals surface area contributed by atoms with Crippen molar-refractivity contribution in [1.82, 2.24) is 20.2 Å². The molecule has 0 saturated heterocycles. The standard InChI is InChI=1S/C17H16FN5OS/c18-14-8-4-7-13(9-14)16-21-22-17(23(16)19)25-11-15(24)20-10-12-5-2-1-3-6-12/h1-9H,10-11,19H2,(H,20,24). The van der Waals surface area contributed by atoms with Crippen molar-refractivity contribution in [2.24, 2.45) is 0 Å². The summed E-state index contributed by atoms with van der Waals surface area (Å²) >= 11 is 1.17. The zero-order chi connectivity index (χ0) is 17.6. The highest BCUT2D eigenvalue weighted by atomic mass is 32.2. The van der Waals surface area contributed by atoms with Gasteiger partial charge >= 0.3 is 0 Å². The zero-order valence-corrected chi connectivity index (χ0v) is 14.0. The number of nitrogen functional groups attached to an aromatic ring is 1. The van der Waals surface area contributed by atoms with Crippen LogP contribution >= 0.6 is 11.8 Å². The molecule has 1 heterocycles. The van der Waals surface area contributed by atoms with Crippen LogP contribution in [-0.4, -0.2) is 26.5 Å². The SMILES string of the molecule is Nn1c(SCC(=O)NCc2ccccc2)nnc1-c1cccc(F)c1. The molecule has 3 aromatic rings. The summed E-state index contributed by atoms with van der Waals surface area (Å²) in [5.41, 5.74) is 1.55. The van der Waals surface area contributed by atoms with Gasteiger partial charge in [-0.2, -0.15) is 0 Å². The van der Waals surface area contributed by atoms with Gasteiger partial charge in [0.2, 0.25) is 11.1 Å². The average molecular weight is 357 g/mol. The second-order valence-electron chi connectivity index (χ2n) is 5.24. The molecule has 1 aromatic heterocycles. The second kappa shape index (κ2) is 7.80. The Morgan fingerprint density at radius 3 is 2.72 bits per heavy atom. The van der Waals surface area contributed by atoms with Crippen molar-refractivity contribution in [3.63, 3.8) is 0 Å². The van der Waals surface area contributed by atoms with Gasteiger partial charge in [-0.1, -0.05) is 54.2 Å². The highest BCUT2D eigenvalue weighted by Crippen LogP contribution is 2.21. The summed E-state index contributed by atoms with van der Waals surface area (Å²) < 4.78 is 14.6. The highest BCUT2D eigenvalue weighted by molar-refractivity contribution is 7.99. The fraction of sp³-hybridized carbons (Fsp3) is 0.118. The van der Waals surface area contributed by atoms with E-state index < -0.39 is 0 Å². The quantitative estimate of drug-likeness (QED) is 0.522. The summed E-state index contributed by atoms with van der Waals surface area (Å²) in [4.78, 5) is 11.9. The van der Waals surface area contributed by atoms with E-state index in [0.717, 1.165) is 5.56 Å². The molecule has 0 aliphatic carbocycles. The molecule has 3 rings (SSSR count). The van der Waals surface area contributed by atoms with Gasteiger partial charge in [0.1, 0.15) is 5.82 Å². The van der Waals surface area contributed by atoms with Crippen LogP contribution in [0.5, 0.6) is 0 Å². The van der Waals surface area contributed by atoms with E-state index in [-0.39, 0.29) is 17.5 Å². The number of amides is 1. The first kappa shape index (κ1) is 17.0. The number of rotatable bonds is 6. The fourth-order valence-electron chi connectivity index (χ4n) is 2.18. The lowest BCUT2D eigenvalue weighted by Crippen LogP contribution is -2.25. The normalized spacial score (nSPS) is 10.6. The number of carbonyl (C=O) groups excluding carboxylic acids is 1. The predicted octanol–water partition coefficient (Wildman–Crippen LogP) is 2.21. The maximum Gasteiger partial charge on any atom is 0.230 e. The monoisotopic (exact) mass is 357 g/mol. The fourth-order valence-corrected chi connectivity index (χ4v) is 2.86. The average Bonchev–Trinajstić information content (AvgIpc) is 3.00. The first-order valence-corrected chi connectivity index (χ1v) is 8.52. The molecular weight excluding hydrogens is 341 g/mol. The minimum atomic E-state index is -0.380. The number of nitrogens with one attached hydrogen (secondary N) is 1. The lowest BCUT2D eigenvalue weighted by Gasteiger charge is -2.06. The molecule has 0 aliphatic rings. The summed E-state index contributed by atoms with van der Waals surface area (Å²) in [6.07, 6.45) is 0. The summed E-state index contributed by atoms with van der Waals surface area (Å²) in [6.45, 7) is 0.462. The molecule has 8 heteroatoms. The van der Waals surface area contributed by atoms with E-state index in [4.69, 9.17) is 5.84 Å². The van der Waals surface area contributed by atoms with E-state index in [9.17, 15) is 9.18 Å². The number of nitrogens with two attached hydrogens (primary N) is 1. The van der Waals surface area contributed by atoms with Crippen LogP contribution in [0, 0.1) is 5.82 Å². The molecule has 0 spiro atoms. The molecule has 0 atom stereocenters. The van der Waals surface area contributed by atoms with Gasteiger partial charge in [-0.15, -0.1) is 10.2 Å². The molecule has 0 fully saturated rings. The first-order chi connectivity index (χ1) is 12.1. The molecule has 1 amide bonds. The Labute approximate surface area is 148 Å². The smallest absolute Gasteiger partial charge is 0.230 e. The maximum absolute atomic E-state index is 13.3. The number of halogens is 1. The van der Waals surface area contributed by atoms with Crippen molar-refractivity contribution >= 4 is 17.7 Å². The van der Waals surface area contributed by atoms with E-state index in [1.807, 2.05) is 30.3 Å². The molecule has 3 N–H and O–H groups in total. The van der Waals surface area contributed by atoms with Gasteiger partial charge in [-0.3, -0.25) is 4.79 Å². The Kier molecular flexibility index (Phi) is 5.30. The lowest BCUT2D eigenvalue weighted by molar-refractivity contribution is -0.118. The molecule has 128 valence electrons. The van der Waals surface area contributed by atoms with E-state index in [1.165, 1.54) is 28.6 Å². The third-order valence-electron chi connectivity index (χ3n) is 3.41. The molecule has 6 nitrogen and oxygen atoms in total. The molecule has 0 radical (unpaired) electrons. The van der Waals surface area contributed by atoms with Gasteiger partial charge in [0.05, 0.1) is 5.75 Å². The largest absolute Gasteiger partial charge is 0.351 e. The topological polar surface area (TPSA) is 85.8 Å². The van der Waals surface area contributed by atoms with E-state index in [2.05, 4.69) is 15.5 Å². The summed E-state index contributed by atoms with van der Waals surface area (Å²) in [5.74, 6) is 5.94. The number of aromatic nitrogens is 3. The van der Waals surface area contributed by atoms with Gasteiger partial charge in [-0.05, 0) is 17.7 Å². The zero-order valence-electron chi connectivity index (χ0n) is 13.2. The molecule has 0 saturated carbocycles. The van der Waals surface area contributed by atoms with Crippen LogP contribution in [0.1, 0.15) is 5.56 Å². The molecule has 0 unspecified atom stereocenters. The van der Waals surface area contributed by atoms with E-state index in [1.54, 1.807) is 12.1 Å².